The summed E-state index contributed by atoms with van der Waals surface area (Å²) >= 11 is 1.80. The lowest BCUT2D eigenvalue weighted by Crippen LogP contribution is -2.21. The lowest BCUT2D eigenvalue weighted by molar-refractivity contribution is 0.840. The van der Waals surface area contributed by atoms with Crippen LogP contribution in [0.25, 0.3) is 0 Å². The summed E-state index contributed by atoms with van der Waals surface area (Å²) in [5, 5.41) is 2.12. The first-order valence-corrected chi connectivity index (χ1v) is 6.77. The maximum atomic E-state index is 5.68. The Kier molecular flexibility index (Phi) is 4.18. The highest BCUT2D eigenvalue weighted by atomic mass is 32.1. The Hall–Kier alpha value is -1.32. The van der Waals surface area contributed by atoms with Crippen molar-refractivity contribution in [1.29, 1.82) is 0 Å². The van der Waals surface area contributed by atoms with Crippen molar-refractivity contribution in [2.45, 2.75) is 20.0 Å². The quantitative estimate of drug-likeness (QED) is 0.877. The van der Waals surface area contributed by atoms with Gasteiger partial charge >= 0.3 is 0 Å². The topological polar surface area (TPSA) is 29.3 Å². The van der Waals surface area contributed by atoms with Gasteiger partial charge in [-0.1, -0.05) is 18.2 Å². The van der Waals surface area contributed by atoms with Gasteiger partial charge in [-0.05, 0) is 36.1 Å². The summed E-state index contributed by atoms with van der Waals surface area (Å²) in [7, 11) is 0. The molecule has 0 saturated carbocycles. The van der Waals surface area contributed by atoms with E-state index in [0.29, 0.717) is 6.54 Å². The zero-order valence-electron chi connectivity index (χ0n) is 10.1. The van der Waals surface area contributed by atoms with E-state index in [-0.39, 0.29) is 0 Å². The number of thiophene rings is 1. The van der Waals surface area contributed by atoms with Crippen LogP contribution in [0.3, 0.4) is 0 Å². The molecule has 0 amide bonds. The monoisotopic (exact) mass is 246 g/mol. The molecule has 17 heavy (non-hydrogen) atoms. The summed E-state index contributed by atoms with van der Waals surface area (Å²) in [5.41, 5.74) is 8.12. The maximum absolute atomic E-state index is 5.68. The van der Waals surface area contributed by atoms with Gasteiger partial charge in [0.25, 0.3) is 0 Å². The van der Waals surface area contributed by atoms with Gasteiger partial charge in [-0.15, -0.1) is 11.3 Å². The van der Waals surface area contributed by atoms with Crippen LogP contribution in [0.5, 0.6) is 0 Å². The lowest BCUT2D eigenvalue weighted by Gasteiger charge is -2.23. The van der Waals surface area contributed by atoms with Crippen LogP contribution < -0.4 is 10.6 Å². The van der Waals surface area contributed by atoms with Gasteiger partial charge in [0.2, 0.25) is 0 Å². The fourth-order valence-electron chi connectivity index (χ4n) is 1.86. The molecule has 2 aromatic rings. The van der Waals surface area contributed by atoms with Crippen LogP contribution in [0.4, 0.5) is 5.69 Å². The molecule has 1 aromatic carbocycles. The zero-order valence-corrected chi connectivity index (χ0v) is 10.9. The predicted molar refractivity (Wildman–Crippen MR) is 75.4 cm³/mol. The largest absolute Gasteiger partial charge is 0.367 e. The Bertz CT molecular complexity index is 451. The van der Waals surface area contributed by atoms with E-state index < -0.39 is 0 Å². The van der Waals surface area contributed by atoms with Crippen LogP contribution in [0.1, 0.15) is 17.4 Å². The van der Waals surface area contributed by atoms with Crippen LogP contribution in [-0.4, -0.2) is 6.54 Å². The molecule has 0 radical (unpaired) electrons. The summed E-state index contributed by atoms with van der Waals surface area (Å²) in [4.78, 5) is 3.76. The molecule has 0 atom stereocenters. The van der Waals surface area contributed by atoms with Gasteiger partial charge < -0.3 is 10.6 Å². The second-order valence-electron chi connectivity index (χ2n) is 3.97. The third-order valence-electron chi connectivity index (χ3n) is 2.82. The number of benzene rings is 1. The number of hydrogen-bond donors (Lipinski definition) is 1. The Morgan fingerprint density at radius 3 is 2.76 bits per heavy atom. The first kappa shape index (κ1) is 12.1. The normalized spacial score (nSPS) is 10.5. The maximum Gasteiger partial charge on any atom is 0.0522 e. The van der Waals surface area contributed by atoms with Crippen molar-refractivity contribution >= 4 is 17.0 Å². The third kappa shape index (κ3) is 3.08. The molecule has 3 heteroatoms. The van der Waals surface area contributed by atoms with E-state index in [2.05, 4.69) is 53.6 Å². The molecule has 90 valence electrons. The molecule has 0 unspecified atom stereocenters. The molecular weight excluding hydrogens is 228 g/mol. The van der Waals surface area contributed by atoms with E-state index in [1.807, 2.05) is 0 Å². The SMILES string of the molecule is CCN(Cc1cccs1)c1cccc(CN)c1. The summed E-state index contributed by atoms with van der Waals surface area (Å²) in [6, 6.07) is 12.8. The molecule has 0 aliphatic rings. The number of hydrogen-bond acceptors (Lipinski definition) is 3. The van der Waals surface area contributed by atoms with E-state index in [0.717, 1.165) is 13.1 Å². The molecule has 2 nitrogen and oxygen atoms in total. The zero-order chi connectivity index (χ0) is 12.1. The molecule has 0 fully saturated rings. The Balaban J connectivity index is 2.16. The number of nitrogens with zero attached hydrogens (tertiary/aromatic N) is 1. The van der Waals surface area contributed by atoms with Crippen molar-refractivity contribution in [2.24, 2.45) is 5.73 Å². The smallest absolute Gasteiger partial charge is 0.0522 e. The van der Waals surface area contributed by atoms with Gasteiger partial charge in [-0.2, -0.15) is 0 Å². The predicted octanol–water partition coefficient (Wildman–Crippen LogP) is 3.23. The standard InChI is InChI=1S/C14H18N2S/c1-2-16(11-14-7-4-8-17-14)13-6-3-5-12(9-13)10-15/h3-9H,2,10-11,15H2,1H3. The summed E-state index contributed by atoms with van der Waals surface area (Å²) in [5.74, 6) is 0. The highest BCUT2D eigenvalue weighted by Crippen LogP contribution is 2.20. The van der Waals surface area contributed by atoms with E-state index in [9.17, 15) is 0 Å². The first-order chi connectivity index (χ1) is 8.33. The average molecular weight is 246 g/mol. The van der Waals surface area contributed by atoms with Gasteiger partial charge in [0.1, 0.15) is 0 Å². The number of rotatable bonds is 5. The molecule has 0 saturated heterocycles. The van der Waals surface area contributed by atoms with Crippen molar-refractivity contribution in [3.8, 4) is 0 Å². The van der Waals surface area contributed by atoms with Crippen LogP contribution >= 0.6 is 11.3 Å². The minimum atomic E-state index is 0.602. The number of nitrogens with two attached hydrogens (primary N) is 1. The first-order valence-electron chi connectivity index (χ1n) is 5.90. The van der Waals surface area contributed by atoms with E-state index in [1.165, 1.54) is 16.1 Å². The molecule has 1 aromatic heterocycles. The second kappa shape index (κ2) is 5.84. The number of anilines is 1. The lowest BCUT2D eigenvalue weighted by atomic mass is 10.2. The average Bonchev–Trinajstić information content (AvgIpc) is 2.89. The van der Waals surface area contributed by atoms with Crippen molar-refractivity contribution in [3.63, 3.8) is 0 Å². The molecule has 2 rings (SSSR count). The van der Waals surface area contributed by atoms with Gasteiger partial charge in [-0.25, -0.2) is 0 Å². The van der Waals surface area contributed by atoms with Crippen LogP contribution in [0.2, 0.25) is 0 Å². The Morgan fingerprint density at radius 2 is 2.12 bits per heavy atom. The van der Waals surface area contributed by atoms with Crippen LogP contribution in [0, 0.1) is 0 Å². The fraction of sp³-hybridized carbons (Fsp3) is 0.286. The Morgan fingerprint density at radius 1 is 1.24 bits per heavy atom. The minimum Gasteiger partial charge on any atom is -0.367 e. The van der Waals surface area contributed by atoms with Gasteiger partial charge in [0.05, 0.1) is 6.54 Å². The van der Waals surface area contributed by atoms with Gasteiger partial charge in [0, 0.05) is 23.7 Å². The summed E-state index contributed by atoms with van der Waals surface area (Å²) in [6.07, 6.45) is 0. The van der Waals surface area contributed by atoms with Crippen LogP contribution in [0.15, 0.2) is 41.8 Å². The fourth-order valence-corrected chi connectivity index (χ4v) is 2.58. The molecule has 0 aliphatic carbocycles. The van der Waals surface area contributed by atoms with E-state index in [4.69, 9.17) is 5.73 Å². The molecule has 0 spiro atoms. The van der Waals surface area contributed by atoms with Crippen molar-refractivity contribution in [2.75, 3.05) is 11.4 Å². The minimum absolute atomic E-state index is 0.602. The molecular formula is C14H18N2S. The van der Waals surface area contributed by atoms with E-state index >= 15 is 0 Å². The highest BCUT2D eigenvalue weighted by Gasteiger charge is 2.06. The van der Waals surface area contributed by atoms with Gasteiger partial charge in [0.15, 0.2) is 0 Å². The third-order valence-corrected chi connectivity index (χ3v) is 3.68. The van der Waals surface area contributed by atoms with E-state index in [1.54, 1.807) is 11.3 Å². The Labute approximate surface area is 107 Å². The molecule has 2 N–H and O–H groups in total. The molecule has 0 aliphatic heterocycles. The van der Waals surface area contributed by atoms with Gasteiger partial charge in [-0.3, -0.25) is 0 Å². The van der Waals surface area contributed by atoms with Crippen LogP contribution in [-0.2, 0) is 13.1 Å². The second-order valence-corrected chi connectivity index (χ2v) is 5.00. The molecule has 1 heterocycles. The molecule has 0 bridgehead atoms. The summed E-state index contributed by atoms with van der Waals surface area (Å²) < 4.78 is 0. The van der Waals surface area contributed by atoms with Crippen molar-refractivity contribution in [1.82, 2.24) is 0 Å². The van der Waals surface area contributed by atoms with Crippen molar-refractivity contribution < 1.29 is 0 Å². The summed E-state index contributed by atoms with van der Waals surface area (Å²) in [6.45, 7) is 4.77. The van der Waals surface area contributed by atoms with Crippen molar-refractivity contribution in [3.05, 3.63) is 52.2 Å². The highest BCUT2D eigenvalue weighted by molar-refractivity contribution is 7.09.